The van der Waals surface area contributed by atoms with Crippen LogP contribution in [0.3, 0.4) is 0 Å². The van der Waals surface area contributed by atoms with Crippen LogP contribution in [-0.4, -0.2) is 48.0 Å². The van der Waals surface area contributed by atoms with Crippen molar-refractivity contribution < 1.29 is 8.42 Å². The molecule has 1 atom stereocenters. The highest BCUT2D eigenvalue weighted by atomic mass is 32.2. The van der Waals surface area contributed by atoms with Gasteiger partial charge in [-0.15, -0.1) is 0 Å². The van der Waals surface area contributed by atoms with Crippen LogP contribution in [0.2, 0.25) is 0 Å². The second-order valence-electron chi connectivity index (χ2n) is 4.96. The molecule has 6 nitrogen and oxygen atoms in total. The highest BCUT2D eigenvalue weighted by molar-refractivity contribution is 7.91. The molecule has 7 heteroatoms. The minimum Gasteiger partial charge on any atom is -0.355 e. The molecule has 2 aromatic heterocycles. The SMILES string of the molecule is CN(c1ncnc2[nH]ccc12)C1CCCS(=O)(=O)C1. The first kappa shape index (κ1) is 12.4. The molecule has 0 radical (unpaired) electrons. The lowest BCUT2D eigenvalue weighted by molar-refractivity contribution is 0.539. The average Bonchev–Trinajstić information content (AvgIpc) is 2.84. The summed E-state index contributed by atoms with van der Waals surface area (Å²) in [5.41, 5.74) is 0.774. The normalized spacial score (nSPS) is 22.5. The van der Waals surface area contributed by atoms with Gasteiger partial charge in [-0.1, -0.05) is 0 Å². The summed E-state index contributed by atoms with van der Waals surface area (Å²) in [5.74, 6) is 1.30. The maximum absolute atomic E-state index is 11.7. The van der Waals surface area contributed by atoms with Gasteiger partial charge in [0.05, 0.1) is 16.9 Å². The third-order valence-electron chi connectivity index (χ3n) is 3.65. The predicted octanol–water partition coefficient (Wildman–Crippen LogP) is 0.971. The molecule has 2 aromatic rings. The van der Waals surface area contributed by atoms with E-state index in [4.69, 9.17) is 0 Å². The molecule has 102 valence electrons. The Morgan fingerprint density at radius 2 is 2.26 bits per heavy atom. The summed E-state index contributed by atoms with van der Waals surface area (Å²) in [5, 5.41) is 0.924. The van der Waals surface area contributed by atoms with E-state index >= 15 is 0 Å². The van der Waals surface area contributed by atoms with Crippen molar-refractivity contribution in [3.63, 3.8) is 0 Å². The molecule has 0 aliphatic carbocycles. The highest BCUT2D eigenvalue weighted by Gasteiger charge is 2.28. The second kappa shape index (κ2) is 4.48. The van der Waals surface area contributed by atoms with Gasteiger partial charge in [-0.3, -0.25) is 0 Å². The van der Waals surface area contributed by atoms with E-state index in [1.54, 1.807) is 0 Å². The molecule has 19 heavy (non-hydrogen) atoms. The molecular formula is C12H16N4O2S. The van der Waals surface area contributed by atoms with Crippen LogP contribution < -0.4 is 4.90 Å². The molecule has 3 rings (SSSR count). The predicted molar refractivity (Wildman–Crippen MR) is 74.0 cm³/mol. The van der Waals surface area contributed by atoms with E-state index in [1.165, 1.54) is 6.33 Å². The van der Waals surface area contributed by atoms with E-state index in [0.29, 0.717) is 5.75 Å². The van der Waals surface area contributed by atoms with Gasteiger partial charge in [0.15, 0.2) is 9.84 Å². The Bertz CT molecular complexity index is 695. The number of nitrogens with one attached hydrogen (secondary N) is 1. The summed E-state index contributed by atoms with van der Waals surface area (Å²) in [6.07, 6.45) is 4.92. The minimum absolute atomic E-state index is 0.00764. The number of aromatic amines is 1. The van der Waals surface area contributed by atoms with Gasteiger partial charge in [0, 0.05) is 19.3 Å². The molecule has 0 amide bonds. The molecule has 0 bridgehead atoms. The van der Waals surface area contributed by atoms with Crippen LogP contribution in [0.4, 0.5) is 5.82 Å². The van der Waals surface area contributed by atoms with Gasteiger partial charge in [-0.05, 0) is 18.9 Å². The third-order valence-corrected chi connectivity index (χ3v) is 5.46. The first-order valence-corrected chi connectivity index (χ1v) is 8.10. The number of fused-ring (bicyclic) bond motifs is 1. The largest absolute Gasteiger partial charge is 0.355 e. The van der Waals surface area contributed by atoms with Crippen LogP contribution in [0.15, 0.2) is 18.6 Å². The smallest absolute Gasteiger partial charge is 0.152 e. The lowest BCUT2D eigenvalue weighted by atomic mass is 10.1. The summed E-state index contributed by atoms with van der Waals surface area (Å²) in [4.78, 5) is 13.5. The van der Waals surface area contributed by atoms with Crippen molar-refractivity contribution in [1.82, 2.24) is 15.0 Å². The van der Waals surface area contributed by atoms with Gasteiger partial charge in [-0.2, -0.15) is 0 Å². The molecule has 1 unspecified atom stereocenters. The summed E-state index contributed by atoms with van der Waals surface area (Å²) in [6, 6.07) is 1.91. The third kappa shape index (κ3) is 2.30. The Hall–Kier alpha value is -1.63. The maximum atomic E-state index is 11.7. The molecule has 1 saturated heterocycles. The van der Waals surface area contributed by atoms with E-state index in [2.05, 4.69) is 15.0 Å². The molecule has 0 aromatic carbocycles. The minimum atomic E-state index is -2.92. The molecule has 1 aliphatic heterocycles. The zero-order valence-electron chi connectivity index (χ0n) is 10.7. The van der Waals surface area contributed by atoms with Gasteiger partial charge in [0.2, 0.25) is 0 Å². The van der Waals surface area contributed by atoms with Gasteiger partial charge < -0.3 is 9.88 Å². The number of aromatic nitrogens is 3. The second-order valence-corrected chi connectivity index (χ2v) is 7.19. The topological polar surface area (TPSA) is 79.0 Å². The van der Waals surface area contributed by atoms with Gasteiger partial charge in [0.25, 0.3) is 0 Å². The Labute approximate surface area is 111 Å². The van der Waals surface area contributed by atoms with Crippen LogP contribution in [0, 0.1) is 0 Å². The number of sulfone groups is 1. The number of nitrogens with zero attached hydrogens (tertiary/aromatic N) is 3. The van der Waals surface area contributed by atoms with E-state index in [9.17, 15) is 8.42 Å². The number of hydrogen-bond donors (Lipinski definition) is 1. The fourth-order valence-corrected chi connectivity index (χ4v) is 4.37. The van der Waals surface area contributed by atoms with Crippen LogP contribution in [-0.2, 0) is 9.84 Å². The van der Waals surface area contributed by atoms with E-state index in [1.807, 2.05) is 24.2 Å². The summed E-state index contributed by atoms with van der Waals surface area (Å²) in [6.45, 7) is 0. The number of anilines is 1. The quantitative estimate of drug-likeness (QED) is 0.887. The Kier molecular flexibility index (Phi) is 2.93. The van der Waals surface area contributed by atoms with Crippen molar-refractivity contribution in [2.24, 2.45) is 0 Å². The summed E-state index contributed by atoms with van der Waals surface area (Å²) < 4.78 is 23.5. The van der Waals surface area contributed by atoms with Crippen LogP contribution in [0.1, 0.15) is 12.8 Å². The Morgan fingerprint density at radius 3 is 3.05 bits per heavy atom. The summed E-state index contributed by atoms with van der Waals surface area (Å²) in [7, 11) is -1.01. The van der Waals surface area contributed by atoms with Gasteiger partial charge in [0.1, 0.15) is 17.8 Å². The van der Waals surface area contributed by atoms with Crippen molar-refractivity contribution in [3.05, 3.63) is 18.6 Å². The van der Waals surface area contributed by atoms with Gasteiger partial charge in [-0.25, -0.2) is 18.4 Å². The molecule has 1 N–H and O–H groups in total. The maximum Gasteiger partial charge on any atom is 0.152 e. The molecular weight excluding hydrogens is 264 g/mol. The van der Waals surface area contributed by atoms with Crippen LogP contribution in [0.25, 0.3) is 11.0 Å². The van der Waals surface area contributed by atoms with Crippen molar-refractivity contribution in [3.8, 4) is 0 Å². The lowest BCUT2D eigenvalue weighted by Crippen LogP contribution is -2.42. The zero-order chi connectivity index (χ0) is 13.5. The monoisotopic (exact) mass is 280 g/mol. The molecule has 3 heterocycles. The standard InChI is InChI=1S/C12H16N4O2S/c1-16(9-3-2-6-19(17,18)7-9)12-10-4-5-13-11(10)14-8-15-12/h4-5,8-9H,2-3,6-7H2,1H3,(H,13,14,15). The first-order valence-electron chi connectivity index (χ1n) is 6.28. The van der Waals surface area contributed by atoms with Crippen molar-refractivity contribution >= 4 is 26.7 Å². The first-order chi connectivity index (χ1) is 9.07. The van der Waals surface area contributed by atoms with Crippen molar-refractivity contribution in [2.75, 3.05) is 23.5 Å². The fourth-order valence-electron chi connectivity index (χ4n) is 2.62. The van der Waals surface area contributed by atoms with Gasteiger partial charge >= 0.3 is 0 Å². The van der Waals surface area contributed by atoms with E-state index in [-0.39, 0.29) is 11.8 Å². The van der Waals surface area contributed by atoms with E-state index in [0.717, 1.165) is 29.7 Å². The van der Waals surface area contributed by atoms with Crippen LogP contribution >= 0.6 is 0 Å². The Morgan fingerprint density at radius 1 is 1.42 bits per heavy atom. The van der Waals surface area contributed by atoms with Crippen molar-refractivity contribution in [1.29, 1.82) is 0 Å². The molecule has 0 saturated carbocycles. The van der Waals surface area contributed by atoms with Crippen LogP contribution in [0.5, 0.6) is 0 Å². The van der Waals surface area contributed by atoms with E-state index < -0.39 is 9.84 Å². The average molecular weight is 280 g/mol. The number of rotatable bonds is 2. The zero-order valence-corrected chi connectivity index (χ0v) is 11.5. The Balaban J connectivity index is 1.95. The molecule has 1 aliphatic rings. The lowest BCUT2D eigenvalue weighted by Gasteiger charge is -2.32. The highest BCUT2D eigenvalue weighted by Crippen LogP contribution is 2.26. The fraction of sp³-hybridized carbons (Fsp3) is 0.500. The summed E-state index contributed by atoms with van der Waals surface area (Å²) >= 11 is 0. The van der Waals surface area contributed by atoms with Crippen molar-refractivity contribution in [2.45, 2.75) is 18.9 Å². The number of H-pyrrole nitrogens is 1. The number of hydrogen-bond acceptors (Lipinski definition) is 5. The molecule has 0 spiro atoms. The molecule has 1 fully saturated rings.